The number of carbonyl (C=O) groups is 1. The van der Waals surface area contributed by atoms with E-state index >= 15 is 0 Å². The summed E-state index contributed by atoms with van der Waals surface area (Å²) in [5, 5.41) is 15.0. The minimum atomic E-state index is -0.332. The molecule has 2 aromatic carbocycles. The molecule has 3 rings (SSSR count). The molecule has 8 heteroatoms. The summed E-state index contributed by atoms with van der Waals surface area (Å²) in [6.07, 6.45) is 0. The summed E-state index contributed by atoms with van der Waals surface area (Å²) in [7, 11) is 0. The van der Waals surface area contributed by atoms with Crippen LogP contribution in [0.15, 0.2) is 63.5 Å². The summed E-state index contributed by atoms with van der Waals surface area (Å²) in [4.78, 5) is 12.5. The van der Waals surface area contributed by atoms with Crippen molar-refractivity contribution in [1.29, 1.82) is 0 Å². The number of benzene rings is 2. The van der Waals surface area contributed by atoms with E-state index in [1.165, 1.54) is 0 Å². The van der Waals surface area contributed by atoms with E-state index in [4.69, 9.17) is 26.5 Å². The van der Waals surface area contributed by atoms with Crippen molar-refractivity contribution in [2.75, 3.05) is 11.9 Å². The average molecular weight is 475 g/mol. The summed E-state index contributed by atoms with van der Waals surface area (Å²) in [6.45, 7) is 2.27. The maximum Gasteiger partial charge on any atom is 0.257 e. The van der Waals surface area contributed by atoms with Gasteiger partial charge in [-0.25, -0.2) is 0 Å². The normalized spacial score (nSPS) is 10.4. The lowest BCUT2D eigenvalue weighted by Crippen LogP contribution is -2.34. The fourth-order valence-electron chi connectivity index (χ4n) is 2.62. The molecule has 29 heavy (non-hydrogen) atoms. The quantitative estimate of drug-likeness (QED) is 0.448. The Hall–Kier alpha value is -2.68. The molecular weight excluding hydrogens is 456 g/mol. The van der Waals surface area contributed by atoms with Crippen molar-refractivity contribution >= 4 is 44.9 Å². The molecule has 3 N–H and O–H groups in total. The number of thiocarbonyl (C=S) groups is 1. The van der Waals surface area contributed by atoms with Gasteiger partial charge in [0, 0.05) is 16.8 Å². The van der Waals surface area contributed by atoms with E-state index in [1.807, 2.05) is 31.2 Å². The molecule has 0 saturated carbocycles. The van der Waals surface area contributed by atoms with Gasteiger partial charge >= 0.3 is 0 Å². The lowest BCUT2D eigenvalue weighted by molar-refractivity contribution is 0.0977. The predicted molar refractivity (Wildman–Crippen MR) is 119 cm³/mol. The number of ether oxygens (including phenoxy) is 1. The van der Waals surface area contributed by atoms with Crippen molar-refractivity contribution in [3.05, 3.63) is 70.4 Å². The van der Waals surface area contributed by atoms with E-state index in [0.717, 1.165) is 5.56 Å². The van der Waals surface area contributed by atoms with Gasteiger partial charge in [0.25, 0.3) is 5.91 Å². The summed E-state index contributed by atoms with van der Waals surface area (Å²) in [5.41, 5.74) is 1.97. The molecule has 0 fully saturated rings. The van der Waals surface area contributed by atoms with E-state index in [2.05, 4.69) is 26.6 Å². The molecule has 1 heterocycles. The standard InChI is InChI=1S/C21H19BrN2O4S/c1-2-27-19-8-6-14(11-17(19)22)20(26)24-21(29)23-15-5-3-4-13(10-15)18-9-7-16(12-25)28-18/h3-11,25H,2,12H2,1H3,(H2,23,24,26,29). The van der Waals surface area contributed by atoms with E-state index in [-0.39, 0.29) is 17.6 Å². The highest BCUT2D eigenvalue weighted by Crippen LogP contribution is 2.26. The number of rotatable bonds is 6. The summed E-state index contributed by atoms with van der Waals surface area (Å²) < 4.78 is 11.7. The van der Waals surface area contributed by atoms with Crippen LogP contribution in [-0.4, -0.2) is 22.7 Å². The number of hydrogen-bond acceptors (Lipinski definition) is 5. The number of halogens is 1. The van der Waals surface area contributed by atoms with Gasteiger partial charge in [0.05, 0.1) is 11.1 Å². The summed E-state index contributed by atoms with van der Waals surface area (Å²) in [5.74, 6) is 1.46. The van der Waals surface area contributed by atoms with E-state index in [9.17, 15) is 4.79 Å². The van der Waals surface area contributed by atoms with Crippen LogP contribution < -0.4 is 15.4 Å². The van der Waals surface area contributed by atoms with Gasteiger partial charge in [0.1, 0.15) is 23.9 Å². The topological polar surface area (TPSA) is 83.7 Å². The summed E-state index contributed by atoms with van der Waals surface area (Å²) >= 11 is 8.65. The first-order valence-corrected chi connectivity index (χ1v) is 10.0. The first-order valence-electron chi connectivity index (χ1n) is 8.85. The molecule has 0 aliphatic carbocycles. The van der Waals surface area contributed by atoms with Gasteiger partial charge in [-0.05, 0) is 77.5 Å². The van der Waals surface area contributed by atoms with Gasteiger partial charge in [-0.2, -0.15) is 0 Å². The minimum Gasteiger partial charge on any atom is -0.493 e. The molecule has 6 nitrogen and oxygen atoms in total. The van der Waals surface area contributed by atoms with E-state index < -0.39 is 0 Å². The molecule has 0 saturated heterocycles. The van der Waals surface area contributed by atoms with Gasteiger partial charge < -0.3 is 19.6 Å². The van der Waals surface area contributed by atoms with Crippen LogP contribution in [0.2, 0.25) is 0 Å². The van der Waals surface area contributed by atoms with Gasteiger partial charge in [-0.15, -0.1) is 0 Å². The molecule has 0 bridgehead atoms. The number of amides is 1. The molecule has 0 atom stereocenters. The van der Waals surface area contributed by atoms with Crippen molar-refractivity contribution in [2.24, 2.45) is 0 Å². The third kappa shape index (κ3) is 5.44. The lowest BCUT2D eigenvalue weighted by Gasteiger charge is -2.11. The molecule has 1 aromatic heterocycles. The monoisotopic (exact) mass is 474 g/mol. The number of hydrogen-bond donors (Lipinski definition) is 3. The predicted octanol–water partition coefficient (Wildman–Crippen LogP) is 4.73. The second kappa shape index (κ2) is 9.69. The van der Waals surface area contributed by atoms with E-state index in [0.29, 0.717) is 39.6 Å². The van der Waals surface area contributed by atoms with Gasteiger partial charge in [-0.1, -0.05) is 12.1 Å². The molecule has 0 unspecified atom stereocenters. The Balaban J connectivity index is 1.65. The Kier molecular flexibility index (Phi) is 7.03. The Morgan fingerprint density at radius 1 is 1.21 bits per heavy atom. The number of aliphatic hydroxyl groups is 1. The highest BCUT2D eigenvalue weighted by atomic mass is 79.9. The summed E-state index contributed by atoms with van der Waals surface area (Å²) in [6, 6.07) is 16.0. The maximum absolute atomic E-state index is 12.5. The Morgan fingerprint density at radius 3 is 2.72 bits per heavy atom. The third-order valence-corrected chi connectivity index (χ3v) is 4.77. The number of carbonyl (C=O) groups excluding carboxylic acids is 1. The SMILES string of the molecule is CCOc1ccc(C(=O)NC(=S)Nc2cccc(-c3ccc(CO)o3)c2)cc1Br. The van der Waals surface area contributed by atoms with Crippen molar-refractivity contribution in [2.45, 2.75) is 13.5 Å². The molecule has 1 amide bonds. The van der Waals surface area contributed by atoms with E-state index in [1.54, 1.807) is 30.3 Å². The molecule has 150 valence electrons. The van der Waals surface area contributed by atoms with Crippen LogP contribution in [0.3, 0.4) is 0 Å². The van der Waals surface area contributed by atoms with Crippen molar-refractivity contribution in [3.63, 3.8) is 0 Å². The van der Waals surface area contributed by atoms with Crippen molar-refractivity contribution in [3.8, 4) is 17.1 Å². The van der Waals surface area contributed by atoms with Gasteiger partial charge in [0.2, 0.25) is 0 Å². The van der Waals surface area contributed by atoms with Crippen LogP contribution in [0.4, 0.5) is 5.69 Å². The minimum absolute atomic E-state index is 0.157. The number of furan rings is 1. The van der Waals surface area contributed by atoms with Gasteiger partial charge in [-0.3, -0.25) is 10.1 Å². The van der Waals surface area contributed by atoms with Crippen LogP contribution in [-0.2, 0) is 6.61 Å². The van der Waals surface area contributed by atoms with Crippen LogP contribution in [0.1, 0.15) is 23.0 Å². The molecule has 0 aliphatic rings. The van der Waals surface area contributed by atoms with Crippen LogP contribution in [0, 0.1) is 0 Å². The molecular formula is C21H19BrN2O4S. The first kappa shape index (κ1) is 21.0. The smallest absolute Gasteiger partial charge is 0.257 e. The molecule has 0 spiro atoms. The van der Waals surface area contributed by atoms with Crippen LogP contribution in [0.25, 0.3) is 11.3 Å². The van der Waals surface area contributed by atoms with Crippen LogP contribution >= 0.6 is 28.1 Å². The third-order valence-electron chi connectivity index (χ3n) is 3.94. The largest absolute Gasteiger partial charge is 0.493 e. The maximum atomic E-state index is 12.5. The van der Waals surface area contributed by atoms with Crippen molar-refractivity contribution < 1.29 is 19.1 Å². The highest BCUT2D eigenvalue weighted by molar-refractivity contribution is 9.10. The number of anilines is 1. The zero-order valence-electron chi connectivity index (χ0n) is 15.6. The fourth-order valence-corrected chi connectivity index (χ4v) is 3.32. The Labute approximate surface area is 182 Å². The average Bonchev–Trinajstić information content (AvgIpc) is 3.19. The number of aliphatic hydroxyl groups excluding tert-OH is 1. The highest BCUT2D eigenvalue weighted by Gasteiger charge is 2.12. The second-order valence-corrected chi connectivity index (χ2v) is 7.25. The lowest BCUT2D eigenvalue weighted by atomic mass is 10.1. The molecule has 0 aliphatic heterocycles. The Bertz CT molecular complexity index is 1040. The van der Waals surface area contributed by atoms with Crippen LogP contribution in [0.5, 0.6) is 5.75 Å². The van der Waals surface area contributed by atoms with Gasteiger partial charge in [0.15, 0.2) is 5.11 Å². The second-order valence-electron chi connectivity index (χ2n) is 5.99. The fraction of sp³-hybridized carbons (Fsp3) is 0.143. The number of nitrogens with one attached hydrogen (secondary N) is 2. The molecule has 0 radical (unpaired) electrons. The molecule has 3 aromatic rings. The van der Waals surface area contributed by atoms with Crippen molar-refractivity contribution in [1.82, 2.24) is 5.32 Å². The Morgan fingerprint density at radius 2 is 2.03 bits per heavy atom. The zero-order chi connectivity index (χ0) is 20.8. The first-order chi connectivity index (χ1) is 14.0. The zero-order valence-corrected chi connectivity index (χ0v) is 18.0.